The summed E-state index contributed by atoms with van der Waals surface area (Å²) in [6, 6.07) is 0. The van der Waals surface area contributed by atoms with Crippen LogP contribution in [0.3, 0.4) is 0 Å². The van der Waals surface area contributed by atoms with Gasteiger partial charge in [-0.15, -0.1) is 0 Å². The van der Waals surface area contributed by atoms with E-state index in [0.29, 0.717) is 57.6 Å². The molecule has 9 heteroatoms. The summed E-state index contributed by atoms with van der Waals surface area (Å²) in [5.41, 5.74) is 0. The number of alkyl carbamates (subject to hydrolysis) is 1. The van der Waals surface area contributed by atoms with Gasteiger partial charge in [-0.2, -0.15) is 0 Å². The normalized spacial score (nSPS) is 11.7. The lowest BCUT2D eigenvalue weighted by molar-refractivity contribution is -0.146. The molecule has 0 radical (unpaired) electrons. The summed E-state index contributed by atoms with van der Waals surface area (Å²) in [5.74, 6) is 0.867. The molecule has 0 aromatic heterocycles. The third kappa shape index (κ3) is 48.9. The number of esters is 2. The maximum Gasteiger partial charge on any atom is 0.407 e. The highest BCUT2D eigenvalue weighted by Gasteiger charge is 2.18. The molecule has 0 aliphatic rings. The fourth-order valence-electron chi connectivity index (χ4n) is 9.20. The SMILES string of the molecule is CCCCCCCCC(CCCCCCCC)CC(=O)OCCCCCCC(CCCCCCOC(=O)CC(CCCCCCCC)CCCCCCCC)OC(=O)NCCOCCN(C)C. The molecule has 0 aliphatic carbocycles. The van der Waals surface area contributed by atoms with Gasteiger partial charge in [-0.3, -0.25) is 9.59 Å². The average molecular weight is 952 g/mol. The van der Waals surface area contributed by atoms with Gasteiger partial charge in [0.05, 0.1) is 26.4 Å². The number of hydrogen-bond acceptors (Lipinski definition) is 8. The maximum atomic E-state index is 12.9. The summed E-state index contributed by atoms with van der Waals surface area (Å²) >= 11 is 0. The highest BCUT2D eigenvalue weighted by Crippen LogP contribution is 2.25. The van der Waals surface area contributed by atoms with E-state index in [4.69, 9.17) is 18.9 Å². The van der Waals surface area contributed by atoms with E-state index in [1.807, 2.05) is 14.1 Å². The number of carbonyl (C=O) groups excluding carboxylic acids is 3. The molecule has 0 fully saturated rings. The first-order chi connectivity index (χ1) is 32.7. The third-order valence-electron chi connectivity index (χ3n) is 13.6. The molecule has 0 bridgehead atoms. The molecule has 0 saturated carbocycles. The number of likely N-dealkylation sites (N-methyl/N-ethyl adjacent to an activating group) is 1. The van der Waals surface area contributed by atoms with E-state index in [9.17, 15) is 14.4 Å². The number of hydrogen-bond donors (Lipinski definition) is 1. The average Bonchev–Trinajstić information content (AvgIpc) is 3.30. The van der Waals surface area contributed by atoms with Crippen molar-refractivity contribution in [2.24, 2.45) is 11.8 Å². The van der Waals surface area contributed by atoms with Gasteiger partial charge in [0.2, 0.25) is 0 Å². The van der Waals surface area contributed by atoms with Crippen LogP contribution in [0, 0.1) is 11.8 Å². The highest BCUT2D eigenvalue weighted by molar-refractivity contribution is 5.70. The first-order valence-electron chi connectivity index (χ1n) is 29.2. The zero-order valence-corrected chi connectivity index (χ0v) is 45.6. The van der Waals surface area contributed by atoms with Crippen LogP contribution in [-0.2, 0) is 28.5 Å². The molecule has 0 atom stereocenters. The molecule has 67 heavy (non-hydrogen) atoms. The Labute approximate surface area is 416 Å². The van der Waals surface area contributed by atoms with Crippen molar-refractivity contribution in [2.75, 3.05) is 53.6 Å². The number of ether oxygens (including phenoxy) is 4. The Morgan fingerprint density at radius 2 is 0.731 bits per heavy atom. The van der Waals surface area contributed by atoms with Gasteiger partial charge >= 0.3 is 18.0 Å². The number of unbranched alkanes of at least 4 members (excludes halogenated alkanes) is 26. The molecule has 9 nitrogen and oxygen atoms in total. The molecule has 398 valence electrons. The van der Waals surface area contributed by atoms with Crippen molar-refractivity contribution in [3.63, 3.8) is 0 Å². The first-order valence-corrected chi connectivity index (χ1v) is 29.2. The Hall–Kier alpha value is -1.87. The minimum Gasteiger partial charge on any atom is -0.466 e. The summed E-state index contributed by atoms with van der Waals surface area (Å²) in [6.45, 7) is 12.4. The van der Waals surface area contributed by atoms with Crippen LogP contribution in [0.1, 0.15) is 285 Å². The lowest BCUT2D eigenvalue weighted by atomic mass is 9.91. The van der Waals surface area contributed by atoms with Crippen LogP contribution in [0.5, 0.6) is 0 Å². The van der Waals surface area contributed by atoms with Gasteiger partial charge in [-0.1, -0.05) is 207 Å². The van der Waals surface area contributed by atoms with Crippen molar-refractivity contribution in [2.45, 2.75) is 291 Å². The van der Waals surface area contributed by atoms with Crippen molar-refractivity contribution in [1.29, 1.82) is 0 Å². The van der Waals surface area contributed by atoms with Crippen LogP contribution in [0.15, 0.2) is 0 Å². The molecular weight excluding hydrogens is 837 g/mol. The molecule has 0 spiro atoms. The van der Waals surface area contributed by atoms with E-state index < -0.39 is 0 Å². The Balaban J connectivity index is 4.76. The molecule has 0 aliphatic heterocycles. The van der Waals surface area contributed by atoms with Crippen LogP contribution in [0.25, 0.3) is 0 Å². The molecular formula is C58H114N2O7. The smallest absolute Gasteiger partial charge is 0.407 e. The van der Waals surface area contributed by atoms with Crippen LogP contribution in [0.2, 0.25) is 0 Å². The van der Waals surface area contributed by atoms with Crippen molar-refractivity contribution in [3.05, 3.63) is 0 Å². The van der Waals surface area contributed by atoms with Gasteiger partial charge in [-0.05, 0) is 90.1 Å². The Bertz CT molecular complexity index is 962. The van der Waals surface area contributed by atoms with E-state index in [1.165, 1.54) is 154 Å². The molecule has 0 aromatic carbocycles. The van der Waals surface area contributed by atoms with Crippen LogP contribution < -0.4 is 5.32 Å². The summed E-state index contributed by atoms with van der Waals surface area (Å²) < 4.78 is 23.1. The van der Waals surface area contributed by atoms with Crippen molar-refractivity contribution in [3.8, 4) is 0 Å². The Morgan fingerprint density at radius 1 is 0.403 bits per heavy atom. The molecule has 0 aromatic rings. The van der Waals surface area contributed by atoms with Gasteiger partial charge in [0.25, 0.3) is 0 Å². The van der Waals surface area contributed by atoms with E-state index in [2.05, 4.69) is 37.9 Å². The molecule has 0 saturated heterocycles. The predicted molar refractivity (Wildman–Crippen MR) is 284 cm³/mol. The minimum absolute atomic E-state index is 0.0195. The summed E-state index contributed by atoms with van der Waals surface area (Å²) in [5, 5.41) is 2.87. The standard InChI is InChI=1S/C58H114N2O7/c1-7-11-15-19-23-31-39-53(40-32-24-20-16-12-8-2)51-56(61)65-47-37-29-27-35-43-55(67-58(63)59-45-49-64-50-46-60(5)6)44-36-28-30-38-48-66-57(62)52-54(41-33-25-21-17-13-9-3)42-34-26-22-18-14-10-4/h53-55H,7-52H2,1-6H3,(H,59,63). The number of rotatable bonds is 53. The van der Waals surface area contributed by atoms with Crippen molar-refractivity contribution >= 4 is 18.0 Å². The van der Waals surface area contributed by atoms with E-state index in [1.54, 1.807) is 0 Å². The lowest BCUT2D eigenvalue weighted by Crippen LogP contribution is -2.32. The van der Waals surface area contributed by atoms with Crippen molar-refractivity contribution < 1.29 is 33.3 Å². The molecule has 1 amide bonds. The summed E-state index contributed by atoms with van der Waals surface area (Å²) in [4.78, 5) is 40.7. The van der Waals surface area contributed by atoms with E-state index in [-0.39, 0.29) is 24.1 Å². The zero-order valence-electron chi connectivity index (χ0n) is 45.6. The fourth-order valence-corrected chi connectivity index (χ4v) is 9.20. The number of nitrogens with zero attached hydrogens (tertiary/aromatic N) is 1. The van der Waals surface area contributed by atoms with E-state index in [0.717, 1.165) is 96.4 Å². The van der Waals surface area contributed by atoms with Crippen molar-refractivity contribution in [1.82, 2.24) is 10.2 Å². The minimum atomic E-state index is -0.377. The second kappa shape index (κ2) is 52.0. The predicted octanol–water partition coefficient (Wildman–Crippen LogP) is 16.7. The largest absolute Gasteiger partial charge is 0.466 e. The zero-order chi connectivity index (χ0) is 49.1. The topological polar surface area (TPSA) is 103 Å². The summed E-state index contributed by atoms with van der Waals surface area (Å²) in [7, 11) is 4.03. The van der Waals surface area contributed by atoms with E-state index >= 15 is 0 Å². The van der Waals surface area contributed by atoms with Crippen LogP contribution in [0.4, 0.5) is 4.79 Å². The van der Waals surface area contributed by atoms with Gasteiger partial charge in [-0.25, -0.2) is 4.79 Å². The van der Waals surface area contributed by atoms with Gasteiger partial charge in [0.15, 0.2) is 0 Å². The maximum absolute atomic E-state index is 12.9. The molecule has 0 rings (SSSR count). The number of nitrogens with one attached hydrogen (secondary N) is 1. The Morgan fingerprint density at radius 3 is 1.09 bits per heavy atom. The highest BCUT2D eigenvalue weighted by atomic mass is 16.6. The third-order valence-corrected chi connectivity index (χ3v) is 13.6. The second-order valence-electron chi connectivity index (χ2n) is 20.6. The quantitative estimate of drug-likeness (QED) is 0.0365. The van der Waals surface area contributed by atoms with Gasteiger partial charge in [0, 0.05) is 25.9 Å². The van der Waals surface area contributed by atoms with Crippen LogP contribution >= 0.6 is 0 Å². The summed E-state index contributed by atoms with van der Waals surface area (Å²) in [6.07, 6.45) is 45.6. The van der Waals surface area contributed by atoms with Gasteiger partial charge in [0.1, 0.15) is 6.10 Å². The van der Waals surface area contributed by atoms with Crippen LogP contribution in [-0.4, -0.2) is 82.6 Å². The molecule has 0 heterocycles. The Kier molecular flexibility index (Phi) is 50.5. The monoisotopic (exact) mass is 951 g/mol. The fraction of sp³-hybridized carbons (Fsp3) is 0.948. The molecule has 1 N–H and O–H groups in total. The van der Waals surface area contributed by atoms with Gasteiger partial charge < -0.3 is 29.2 Å². The number of amides is 1. The second-order valence-corrected chi connectivity index (χ2v) is 20.6. The first kappa shape index (κ1) is 65.1. The lowest BCUT2D eigenvalue weighted by Gasteiger charge is -2.19. The molecule has 0 unspecified atom stereocenters. The number of carbonyl (C=O) groups is 3.